The molecule has 0 radical (unpaired) electrons. The van der Waals surface area contributed by atoms with Gasteiger partial charge < -0.3 is 21.4 Å². The highest BCUT2D eigenvalue weighted by Gasteiger charge is 2.31. The monoisotopic (exact) mass is 528 g/mol. The molecule has 1 amide bonds. The Hall–Kier alpha value is -3.87. The molecule has 0 spiro atoms. The number of nitrogens with one attached hydrogen (secondary N) is 3. The summed E-state index contributed by atoms with van der Waals surface area (Å²) in [6.45, 7) is 5.03. The van der Waals surface area contributed by atoms with Crippen LogP contribution in [0, 0.1) is 13.8 Å². The van der Waals surface area contributed by atoms with Gasteiger partial charge in [0, 0.05) is 55.4 Å². The van der Waals surface area contributed by atoms with Gasteiger partial charge in [0.1, 0.15) is 0 Å². The quantitative estimate of drug-likeness (QED) is 0.355. The predicted octanol–water partition coefficient (Wildman–Crippen LogP) is 3.53. The Morgan fingerprint density at radius 3 is 2.61 bits per heavy atom. The van der Waals surface area contributed by atoms with E-state index in [0.29, 0.717) is 29.9 Å². The third-order valence-electron chi connectivity index (χ3n) is 6.37. The number of nitrogens with zero attached hydrogens (tertiary/aromatic N) is 4. The molecule has 0 bridgehead atoms. The fraction of sp³-hybridized carbons (Fsp3) is 0.308. The first kappa shape index (κ1) is 27.2. The van der Waals surface area contributed by atoms with Crippen LogP contribution < -0.4 is 27.0 Å². The van der Waals surface area contributed by atoms with Crippen LogP contribution in [0.5, 0.6) is 0 Å². The average molecular weight is 529 g/mol. The number of benzene rings is 2. The van der Waals surface area contributed by atoms with Crippen LogP contribution in [0.25, 0.3) is 5.70 Å². The molecule has 1 aliphatic rings. The second-order valence-corrected chi connectivity index (χ2v) is 9.32. The van der Waals surface area contributed by atoms with Crippen molar-refractivity contribution in [2.75, 3.05) is 30.5 Å². The number of nitrogens with two attached hydrogens (primary N) is 1. The summed E-state index contributed by atoms with van der Waals surface area (Å²) in [5.41, 5.74) is 16.0. The van der Waals surface area contributed by atoms with E-state index in [1.807, 2.05) is 32.0 Å². The molecular weight excluding hydrogens is 497 g/mol. The van der Waals surface area contributed by atoms with E-state index in [0.717, 1.165) is 34.7 Å². The standard InChI is InChI=1S/C26H31F3N8O/c1-16-5-6-19(11-24(16)37-15-23(33-34-37)22-13-31-36(4)17(22)2)25(38)32-21-10-18(14-35(3)8-7-30)9-20(12-21)26(27,28)29/h5-6,9-13,15,33-34H,7-8,14,30H2,1-4H3,(H,32,38). The van der Waals surface area contributed by atoms with E-state index in [4.69, 9.17) is 5.73 Å². The lowest BCUT2D eigenvalue weighted by molar-refractivity contribution is -0.137. The van der Waals surface area contributed by atoms with E-state index in [1.165, 1.54) is 0 Å². The van der Waals surface area contributed by atoms with Crippen LogP contribution in [0.4, 0.5) is 24.5 Å². The largest absolute Gasteiger partial charge is 0.416 e. The molecule has 1 aliphatic heterocycles. The Balaban J connectivity index is 1.58. The predicted molar refractivity (Wildman–Crippen MR) is 141 cm³/mol. The molecule has 1 aromatic heterocycles. The maximum absolute atomic E-state index is 13.6. The summed E-state index contributed by atoms with van der Waals surface area (Å²) in [6, 6.07) is 8.68. The fourth-order valence-electron chi connectivity index (χ4n) is 4.19. The Bertz CT molecular complexity index is 1370. The van der Waals surface area contributed by atoms with E-state index in [9.17, 15) is 18.0 Å². The van der Waals surface area contributed by atoms with E-state index in [-0.39, 0.29) is 12.2 Å². The number of halogens is 3. The smallest absolute Gasteiger partial charge is 0.329 e. The molecule has 0 aliphatic carbocycles. The number of amides is 1. The minimum Gasteiger partial charge on any atom is -0.329 e. The Labute approximate surface area is 219 Å². The van der Waals surface area contributed by atoms with Gasteiger partial charge in [-0.3, -0.25) is 14.5 Å². The summed E-state index contributed by atoms with van der Waals surface area (Å²) in [6.07, 6.45) is -0.942. The number of carbonyl (C=O) groups is 1. The van der Waals surface area contributed by atoms with Gasteiger partial charge in [-0.05, 0) is 62.4 Å². The van der Waals surface area contributed by atoms with Crippen LogP contribution in [0.3, 0.4) is 0 Å². The number of aryl methyl sites for hydroxylation is 2. The first-order valence-corrected chi connectivity index (χ1v) is 12.0. The zero-order valence-corrected chi connectivity index (χ0v) is 21.6. The van der Waals surface area contributed by atoms with Gasteiger partial charge in [0.15, 0.2) is 0 Å². The average Bonchev–Trinajstić information content (AvgIpc) is 3.45. The number of carbonyl (C=O) groups excluding carboxylic acids is 1. The summed E-state index contributed by atoms with van der Waals surface area (Å²) in [7, 11) is 3.63. The van der Waals surface area contributed by atoms with Crippen molar-refractivity contribution in [3.8, 4) is 0 Å². The molecular formula is C26H31F3N8O. The number of likely N-dealkylation sites (N-methyl/N-ethyl adjacent to an activating group) is 1. The molecule has 0 fully saturated rings. The van der Waals surface area contributed by atoms with Gasteiger partial charge >= 0.3 is 6.18 Å². The number of rotatable bonds is 8. The van der Waals surface area contributed by atoms with Crippen LogP contribution in [-0.2, 0) is 19.8 Å². The van der Waals surface area contributed by atoms with Crippen LogP contribution in [-0.4, -0.2) is 40.7 Å². The second-order valence-electron chi connectivity index (χ2n) is 9.32. The van der Waals surface area contributed by atoms with Crippen molar-refractivity contribution >= 4 is 23.0 Å². The molecule has 0 unspecified atom stereocenters. The molecule has 0 atom stereocenters. The topological polar surface area (TPSA) is 103 Å². The van der Waals surface area contributed by atoms with E-state index < -0.39 is 17.6 Å². The normalized spacial score (nSPS) is 13.6. The van der Waals surface area contributed by atoms with Gasteiger partial charge in [-0.15, -0.1) is 5.53 Å². The lowest BCUT2D eigenvalue weighted by atomic mass is 10.1. The van der Waals surface area contributed by atoms with Crippen molar-refractivity contribution in [3.63, 3.8) is 0 Å². The van der Waals surface area contributed by atoms with Crippen LogP contribution in [0.2, 0.25) is 0 Å². The minimum atomic E-state index is -4.55. The number of anilines is 2. The van der Waals surface area contributed by atoms with Gasteiger partial charge in [-0.25, -0.2) is 0 Å². The SMILES string of the molecule is Cc1ccc(C(=O)Nc2cc(CN(C)CCN)cc(C(F)(F)F)c2)cc1N1C=C(c2cnn(C)c2C)NN1. The minimum absolute atomic E-state index is 0.0679. The van der Waals surface area contributed by atoms with Gasteiger partial charge in [-0.1, -0.05) is 6.07 Å². The van der Waals surface area contributed by atoms with E-state index in [2.05, 4.69) is 21.4 Å². The number of hydrogen-bond acceptors (Lipinski definition) is 7. The lowest BCUT2D eigenvalue weighted by Crippen LogP contribution is -2.36. The van der Waals surface area contributed by atoms with Crippen molar-refractivity contribution in [1.29, 1.82) is 0 Å². The molecule has 2 aromatic carbocycles. The van der Waals surface area contributed by atoms with Crippen LogP contribution >= 0.6 is 0 Å². The number of hydrazine groups is 2. The summed E-state index contributed by atoms with van der Waals surface area (Å²) < 4.78 is 42.5. The second kappa shape index (κ2) is 10.9. The van der Waals surface area contributed by atoms with Gasteiger partial charge in [0.25, 0.3) is 5.91 Å². The molecule has 0 saturated carbocycles. The third kappa shape index (κ3) is 5.98. The number of hydrogen-bond donors (Lipinski definition) is 4. The Morgan fingerprint density at radius 2 is 1.95 bits per heavy atom. The molecule has 2 heterocycles. The zero-order chi connectivity index (χ0) is 27.6. The number of aromatic nitrogens is 2. The third-order valence-corrected chi connectivity index (χ3v) is 6.37. The highest BCUT2D eigenvalue weighted by atomic mass is 19.4. The van der Waals surface area contributed by atoms with Crippen molar-refractivity contribution in [1.82, 2.24) is 25.6 Å². The van der Waals surface area contributed by atoms with Gasteiger partial charge in [0.2, 0.25) is 0 Å². The fourth-order valence-corrected chi connectivity index (χ4v) is 4.19. The first-order valence-electron chi connectivity index (χ1n) is 12.0. The summed E-state index contributed by atoms with van der Waals surface area (Å²) in [5.74, 6) is -0.522. The maximum Gasteiger partial charge on any atom is 0.416 e. The summed E-state index contributed by atoms with van der Waals surface area (Å²) in [4.78, 5) is 14.9. The summed E-state index contributed by atoms with van der Waals surface area (Å²) in [5, 5.41) is 8.64. The molecule has 38 heavy (non-hydrogen) atoms. The van der Waals surface area contributed by atoms with Crippen molar-refractivity contribution in [2.24, 2.45) is 12.8 Å². The molecule has 5 N–H and O–H groups in total. The molecule has 12 heteroatoms. The van der Waals surface area contributed by atoms with Crippen molar-refractivity contribution < 1.29 is 18.0 Å². The lowest BCUT2D eigenvalue weighted by Gasteiger charge is -2.19. The van der Waals surface area contributed by atoms with Crippen LogP contribution in [0.15, 0.2) is 48.8 Å². The van der Waals surface area contributed by atoms with Crippen LogP contribution in [0.1, 0.15) is 38.3 Å². The Kier molecular flexibility index (Phi) is 7.76. The van der Waals surface area contributed by atoms with E-state index in [1.54, 1.807) is 47.2 Å². The first-order chi connectivity index (χ1) is 18.0. The molecule has 4 rings (SSSR count). The zero-order valence-electron chi connectivity index (χ0n) is 21.6. The van der Waals surface area contributed by atoms with Crippen molar-refractivity contribution in [3.05, 3.63) is 82.3 Å². The molecule has 0 saturated heterocycles. The van der Waals surface area contributed by atoms with Crippen molar-refractivity contribution in [2.45, 2.75) is 26.6 Å². The molecule has 202 valence electrons. The molecule has 3 aromatic rings. The maximum atomic E-state index is 13.6. The van der Waals surface area contributed by atoms with Gasteiger partial charge in [-0.2, -0.15) is 18.3 Å². The van der Waals surface area contributed by atoms with E-state index >= 15 is 0 Å². The highest BCUT2D eigenvalue weighted by Crippen LogP contribution is 2.33. The van der Waals surface area contributed by atoms with Gasteiger partial charge in [0.05, 0.1) is 23.1 Å². The summed E-state index contributed by atoms with van der Waals surface area (Å²) >= 11 is 0. The number of alkyl halides is 3. The highest BCUT2D eigenvalue weighted by molar-refractivity contribution is 6.05. The Morgan fingerprint density at radius 1 is 1.18 bits per heavy atom. The molecule has 9 nitrogen and oxygen atoms in total.